The van der Waals surface area contributed by atoms with Crippen LogP contribution in [0.4, 0.5) is 0 Å². The second-order valence-electron chi connectivity index (χ2n) is 6.17. The summed E-state index contributed by atoms with van der Waals surface area (Å²) >= 11 is 0. The lowest BCUT2D eigenvalue weighted by Crippen LogP contribution is -2.48. The fourth-order valence-electron chi connectivity index (χ4n) is 1.92. The van der Waals surface area contributed by atoms with Crippen LogP contribution in [-0.2, 0) is 9.59 Å². The van der Waals surface area contributed by atoms with E-state index in [1.54, 1.807) is 31.4 Å². The Morgan fingerprint density at radius 1 is 1.13 bits per heavy atom. The minimum atomic E-state index is -0.320. The Bertz CT molecular complexity index is 520. The SMILES string of the molecule is CCN(CC(=O)NC(C)(C)C)C(=O)COc1ccc(OC)cc1. The molecule has 2 amide bonds. The van der Waals surface area contributed by atoms with Crippen molar-refractivity contribution in [3.63, 3.8) is 0 Å². The highest BCUT2D eigenvalue weighted by Gasteiger charge is 2.19. The van der Waals surface area contributed by atoms with Crippen LogP contribution in [0.25, 0.3) is 0 Å². The van der Waals surface area contributed by atoms with E-state index < -0.39 is 0 Å². The largest absolute Gasteiger partial charge is 0.497 e. The van der Waals surface area contributed by atoms with E-state index in [-0.39, 0.29) is 30.5 Å². The van der Waals surface area contributed by atoms with Crippen LogP contribution in [0.3, 0.4) is 0 Å². The van der Waals surface area contributed by atoms with Crippen molar-refractivity contribution in [2.75, 3.05) is 26.8 Å². The molecular formula is C17H26N2O4. The van der Waals surface area contributed by atoms with Gasteiger partial charge < -0.3 is 19.7 Å². The van der Waals surface area contributed by atoms with Crippen LogP contribution in [0.2, 0.25) is 0 Å². The van der Waals surface area contributed by atoms with Crippen molar-refractivity contribution in [1.82, 2.24) is 10.2 Å². The molecule has 1 aromatic rings. The highest BCUT2D eigenvalue weighted by atomic mass is 16.5. The lowest BCUT2D eigenvalue weighted by atomic mass is 10.1. The molecule has 0 fully saturated rings. The van der Waals surface area contributed by atoms with Gasteiger partial charge in [-0.2, -0.15) is 0 Å². The molecule has 0 aromatic heterocycles. The zero-order valence-corrected chi connectivity index (χ0v) is 14.5. The first-order valence-electron chi connectivity index (χ1n) is 7.61. The van der Waals surface area contributed by atoms with Crippen molar-refractivity contribution >= 4 is 11.8 Å². The normalized spacial score (nSPS) is 10.8. The molecule has 6 heteroatoms. The van der Waals surface area contributed by atoms with E-state index in [0.29, 0.717) is 12.3 Å². The number of hydrogen-bond acceptors (Lipinski definition) is 4. The second kappa shape index (κ2) is 8.41. The maximum atomic E-state index is 12.2. The summed E-state index contributed by atoms with van der Waals surface area (Å²) in [6.45, 7) is 7.89. The van der Waals surface area contributed by atoms with Crippen LogP contribution >= 0.6 is 0 Å². The maximum absolute atomic E-state index is 12.2. The number of benzene rings is 1. The maximum Gasteiger partial charge on any atom is 0.260 e. The topological polar surface area (TPSA) is 67.9 Å². The lowest BCUT2D eigenvalue weighted by Gasteiger charge is -2.25. The van der Waals surface area contributed by atoms with E-state index >= 15 is 0 Å². The molecule has 0 aliphatic carbocycles. The summed E-state index contributed by atoms with van der Waals surface area (Å²) in [5.74, 6) is 0.886. The van der Waals surface area contributed by atoms with Gasteiger partial charge in [-0.15, -0.1) is 0 Å². The first kappa shape index (κ1) is 18.8. The third kappa shape index (κ3) is 7.04. The summed E-state index contributed by atoms with van der Waals surface area (Å²) in [4.78, 5) is 25.5. The number of rotatable bonds is 7. The smallest absolute Gasteiger partial charge is 0.260 e. The summed E-state index contributed by atoms with van der Waals surface area (Å²) in [7, 11) is 1.58. The molecule has 0 atom stereocenters. The molecule has 0 saturated heterocycles. The van der Waals surface area contributed by atoms with Crippen molar-refractivity contribution < 1.29 is 19.1 Å². The van der Waals surface area contributed by atoms with Gasteiger partial charge in [-0.3, -0.25) is 9.59 Å². The van der Waals surface area contributed by atoms with Gasteiger partial charge in [0.15, 0.2) is 6.61 Å². The molecule has 0 bridgehead atoms. The molecule has 0 heterocycles. The number of amides is 2. The summed E-state index contributed by atoms with van der Waals surface area (Å²) in [5.41, 5.74) is -0.320. The van der Waals surface area contributed by atoms with Crippen LogP contribution in [0.1, 0.15) is 27.7 Å². The van der Waals surface area contributed by atoms with Crippen LogP contribution in [0.15, 0.2) is 24.3 Å². The number of nitrogens with one attached hydrogen (secondary N) is 1. The van der Waals surface area contributed by atoms with Gasteiger partial charge in [0.2, 0.25) is 5.91 Å². The van der Waals surface area contributed by atoms with Crippen molar-refractivity contribution in [3.05, 3.63) is 24.3 Å². The third-order valence-electron chi connectivity index (χ3n) is 3.01. The van der Waals surface area contributed by atoms with Crippen molar-refractivity contribution in [2.45, 2.75) is 33.2 Å². The molecule has 0 aliphatic heterocycles. The van der Waals surface area contributed by atoms with Gasteiger partial charge in [0, 0.05) is 12.1 Å². The summed E-state index contributed by atoms with van der Waals surface area (Å²) in [6.07, 6.45) is 0. The molecule has 23 heavy (non-hydrogen) atoms. The molecule has 6 nitrogen and oxygen atoms in total. The van der Waals surface area contributed by atoms with Crippen molar-refractivity contribution in [3.8, 4) is 11.5 Å². The molecule has 1 N–H and O–H groups in total. The van der Waals surface area contributed by atoms with Gasteiger partial charge in [-0.25, -0.2) is 0 Å². The predicted octanol–water partition coefficient (Wildman–Crippen LogP) is 1.84. The van der Waals surface area contributed by atoms with Gasteiger partial charge in [0.25, 0.3) is 5.91 Å². The number of methoxy groups -OCH3 is 1. The Balaban J connectivity index is 2.51. The predicted molar refractivity (Wildman–Crippen MR) is 88.6 cm³/mol. The number of carbonyl (C=O) groups is 2. The Morgan fingerprint density at radius 2 is 1.70 bits per heavy atom. The van der Waals surface area contributed by atoms with E-state index in [1.807, 2.05) is 27.7 Å². The van der Waals surface area contributed by atoms with Crippen molar-refractivity contribution in [2.24, 2.45) is 0 Å². The third-order valence-corrected chi connectivity index (χ3v) is 3.01. The lowest BCUT2D eigenvalue weighted by molar-refractivity contribution is -0.137. The zero-order chi connectivity index (χ0) is 17.5. The average Bonchev–Trinajstić information content (AvgIpc) is 2.49. The van der Waals surface area contributed by atoms with Gasteiger partial charge in [-0.1, -0.05) is 0 Å². The number of likely N-dealkylation sites (N-methyl/N-ethyl adjacent to an activating group) is 1. The van der Waals surface area contributed by atoms with E-state index in [2.05, 4.69) is 5.32 Å². The van der Waals surface area contributed by atoms with Gasteiger partial charge in [-0.05, 0) is 52.0 Å². The number of hydrogen-bond donors (Lipinski definition) is 1. The Hall–Kier alpha value is -2.24. The highest BCUT2D eigenvalue weighted by Crippen LogP contribution is 2.16. The Morgan fingerprint density at radius 3 is 2.17 bits per heavy atom. The number of ether oxygens (including phenoxy) is 2. The molecule has 0 unspecified atom stereocenters. The van der Waals surface area contributed by atoms with E-state index in [9.17, 15) is 9.59 Å². The Labute approximate surface area is 137 Å². The molecular weight excluding hydrogens is 296 g/mol. The van der Waals surface area contributed by atoms with E-state index in [0.717, 1.165) is 5.75 Å². The average molecular weight is 322 g/mol. The fraction of sp³-hybridized carbons (Fsp3) is 0.529. The molecule has 0 spiro atoms. The number of carbonyl (C=O) groups excluding carboxylic acids is 2. The van der Waals surface area contributed by atoms with Gasteiger partial charge in [0.05, 0.1) is 13.7 Å². The van der Waals surface area contributed by atoms with Crippen LogP contribution in [0.5, 0.6) is 11.5 Å². The highest BCUT2D eigenvalue weighted by molar-refractivity contribution is 5.85. The number of nitrogens with zero attached hydrogens (tertiary/aromatic N) is 1. The van der Waals surface area contributed by atoms with E-state index in [1.165, 1.54) is 4.90 Å². The summed E-state index contributed by atoms with van der Waals surface area (Å²) in [5, 5.41) is 2.84. The quantitative estimate of drug-likeness (QED) is 0.832. The standard InChI is InChI=1S/C17H26N2O4/c1-6-19(11-15(20)18-17(2,3)4)16(21)12-23-14-9-7-13(22-5)8-10-14/h7-10H,6,11-12H2,1-5H3,(H,18,20). The van der Waals surface area contributed by atoms with Crippen LogP contribution in [-0.4, -0.2) is 49.1 Å². The Kier molecular flexibility index (Phi) is 6.88. The molecule has 0 saturated carbocycles. The molecule has 0 aliphatic rings. The first-order valence-corrected chi connectivity index (χ1v) is 7.61. The van der Waals surface area contributed by atoms with Crippen LogP contribution in [0, 0.1) is 0 Å². The molecule has 128 valence electrons. The fourth-order valence-corrected chi connectivity index (χ4v) is 1.92. The van der Waals surface area contributed by atoms with Gasteiger partial charge >= 0.3 is 0 Å². The van der Waals surface area contributed by atoms with E-state index in [4.69, 9.17) is 9.47 Å². The molecule has 1 rings (SSSR count). The van der Waals surface area contributed by atoms with Gasteiger partial charge in [0.1, 0.15) is 11.5 Å². The molecule has 0 radical (unpaired) electrons. The minimum absolute atomic E-state index is 0.0264. The monoisotopic (exact) mass is 322 g/mol. The zero-order valence-electron chi connectivity index (χ0n) is 14.5. The first-order chi connectivity index (χ1) is 10.7. The van der Waals surface area contributed by atoms with Crippen LogP contribution < -0.4 is 14.8 Å². The summed E-state index contributed by atoms with van der Waals surface area (Å²) < 4.78 is 10.5. The van der Waals surface area contributed by atoms with Crippen molar-refractivity contribution in [1.29, 1.82) is 0 Å². The minimum Gasteiger partial charge on any atom is -0.497 e. The molecule has 1 aromatic carbocycles. The summed E-state index contributed by atoms with van der Waals surface area (Å²) in [6, 6.07) is 6.98. The second-order valence-corrected chi connectivity index (χ2v) is 6.17.